The molecular formula is C23H45NO3. The molecule has 0 aromatic carbocycles. The SMILES string of the molecule is CCCCCCCCCCCCCCCCCC(=O)NCCCC(=O)OC. The number of methoxy groups -OCH3 is 1. The van der Waals surface area contributed by atoms with Gasteiger partial charge in [-0.3, -0.25) is 9.59 Å². The Morgan fingerprint density at radius 3 is 1.52 bits per heavy atom. The van der Waals surface area contributed by atoms with E-state index in [1.54, 1.807) is 0 Å². The van der Waals surface area contributed by atoms with Crippen LogP contribution in [0, 0.1) is 0 Å². The third-order valence-electron chi connectivity index (χ3n) is 5.11. The summed E-state index contributed by atoms with van der Waals surface area (Å²) in [5.74, 6) is -0.110. The minimum absolute atomic E-state index is 0.106. The summed E-state index contributed by atoms with van der Waals surface area (Å²) >= 11 is 0. The lowest BCUT2D eigenvalue weighted by Gasteiger charge is -2.05. The van der Waals surface area contributed by atoms with Crippen LogP contribution in [-0.4, -0.2) is 25.5 Å². The highest BCUT2D eigenvalue weighted by atomic mass is 16.5. The average molecular weight is 384 g/mol. The second-order valence-electron chi connectivity index (χ2n) is 7.73. The molecule has 0 saturated heterocycles. The van der Waals surface area contributed by atoms with Gasteiger partial charge in [0.15, 0.2) is 0 Å². The Hall–Kier alpha value is -1.06. The molecule has 0 aliphatic heterocycles. The van der Waals surface area contributed by atoms with Crippen molar-refractivity contribution in [2.45, 2.75) is 122 Å². The van der Waals surface area contributed by atoms with Crippen LogP contribution in [0.25, 0.3) is 0 Å². The number of nitrogens with one attached hydrogen (secondary N) is 1. The maximum atomic E-state index is 11.7. The molecule has 0 aliphatic rings. The molecule has 4 heteroatoms. The number of carbonyl (C=O) groups excluding carboxylic acids is 2. The molecule has 0 rings (SSSR count). The predicted molar refractivity (Wildman–Crippen MR) is 114 cm³/mol. The zero-order valence-electron chi connectivity index (χ0n) is 18.2. The minimum Gasteiger partial charge on any atom is -0.469 e. The number of rotatable bonds is 20. The fraction of sp³-hybridized carbons (Fsp3) is 0.913. The zero-order valence-corrected chi connectivity index (χ0v) is 18.2. The van der Waals surface area contributed by atoms with E-state index in [1.807, 2.05) is 0 Å². The van der Waals surface area contributed by atoms with Crippen LogP contribution in [0.2, 0.25) is 0 Å². The van der Waals surface area contributed by atoms with Gasteiger partial charge >= 0.3 is 5.97 Å². The van der Waals surface area contributed by atoms with E-state index in [1.165, 1.54) is 90.6 Å². The van der Waals surface area contributed by atoms with Gasteiger partial charge in [0.2, 0.25) is 5.91 Å². The van der Waals surface area contributed by atoms with E-state index in [0.29, 0.717) is 25.8 Å². The summed E-state index contributed by atoms with van der Waals surface area (Å²) in [4.78, 5) is 22.6. The predicted octanol–water partition coefficient (Wildman–Crippen LogP) is 6.32. The molecule has 160 valence electrons. The van der Waals surface area contributed by atoms with Gasteiger partial charge in [-0.15, -0.1) is 0 Å². The quantitative estimate of drug-likeness (QED) is 0.198. The molecule has 0 heterocycles. The van der Waals surface area contributed by atoms with Gasteiger partial charge in [-0.25, -0.2) is 0 Å². The number of esters is 1. The lowest BCUT2D eigenvalue weighted by atomic mass is 10.0. The van der Waals surface area contributed by atoms with Gasteiger partial charge in [0.1, 0.15) is 0 Å². The van der Waals surface area contributed by atoms with Gasteiger partial charge < -0.3 is 10.1 Å². The molecule has 0 bridgehead atoms. The van der Waals surface area contributed by atoms with Gasteiger partial charge in [0.05, 0.1) is 7.11 Å². The summed E-state index contributed by atoms with van der Waals surface area (Å²) in [5.41, 5.74) is 0. The van der Waals surface area contributed by atoms with Gasteiger partial charge in [0, 0.05) is 19.4 Å². The van der Waals surface area contributed by atoms with Gasteiger partial charge in [-0.2, -0.15) is 0 Å². The molecule has 27 heavy (non-hydrogen) atoms. The lowest BCUT2D eigenvalue weighted by Crippen LogP contribution is -2.24. The molecule has 1 amide bonds. The topological polar surface area (TPSA) is 55.4 Å². The van der Waals surface area contributed by atoms with Crippen molar-refractivity contribution < 1.29 is 14.3 Å². The molecule has 0 atom stereocenters. The standard InChI is InChI=1S/C23H45NO3/c1-3-4-5-6-7-8-9-10-11-12-13-14-15-16-17-19-22(25)24-21-18-20-23(26)27-2/h3-21H2,1-2H3,(H,24,25). The number of hydrogen-bond donors (Lipinski definition) is 1. The Bertz CT molecular complexity index is 345. The van der Waals surface area contributed by atoms with Crippen molar-refractivity contribution in [3.63, 3.8) is 0 Å². The molecule has 0 fully saturated rings. The van der Waals surface area contributed by atoms with E-state index in [9.17, 15) is 9.59 Å². The number of ether oxygens (including phenoxy) is 1. The normalized spacial score (nSPS) is 10.7. The maximum absolute atomic E-state index is 11.7. The fourth-order valence-electron chi connectivity index (χ4n) is 3.31. The third kappa shape index (κ3) is 21.1. The largest absolute Gasteiger partial charge is 0.469 e. The Labute approximate surface area is 168 Å². The highest BCUT2D eigenvalue weighted by Gasteiger charge is 2.03. The number of carbonyl (C=O) groups is 2. The molecule has 0 unspecified atom stereocenters. The lowest BCUT2D eigenvalue weighted by molar-refractivity contribution is -0.140. The van der Waals surface area contributed by atoms with E-state index in [0.717, 1.165) is 12.8 Å². The third-order valence-corrected chi connectivity index (χ3v) is 5.11. The summed E-state index contributed by atoms with van der Waals surface area (Å²) in [5, 5.41) is 2.86. The molecule has 4 nitrogen and oxygen atoms in total. The van der Waals surface area contributed by atoms with E-state index in [-0.39, 0.29) is 11.9 Å². The van der Waals surface area contributed by atoms with Crippen molar-refractivity contribution >= 4 is 11.9 Å². The summed E-state index contributed by atoms with van der Waals surface area (Å²) in [6, 6.07) is 0. The molecule has 0 radical (unpaired) electrons. The Morgan fingerprint density at radius 2 is 1.07 bits per heavy atom. The van der Waals surface area contributed by atoms with Crippen molar-refractivity contribution in [2.24, 2.45) is 0 Å². The maximum Gasteiger partial charge on any atom is 0.305 e. The minimum atomic E-state index is -0.216. The Balaban J connectivity index is 3.15. The van der Waals surface area contributed by atoms with Gasteiger partial charge in [-0.1, -0.05) is 96.8 Å². The van der Waals surface area contributed by atoms with E-state index < -0.39 is 0 Å². The molecule has 0 aromatic heterocycles. The summed E-state index contributed by atoms with van der Waals surface area (Å²) in [7, 11) is 1.39. The van der Waals surface area contributed by atoms with Crippen LogP contribution in [0.3, 0.4) is 0 Å². The number of hydrogen-bond acceptors (Lipinski definition) is 3. The van der Waals surface area contributed by atoms with Crippen LogP contribution in [0.5, 0.6) is 0 Å². The number of amides is 1. The Kier molecular flexibility index (Phi) is 20.4. The van der Waals surface area contributed by atoms with Crippen LogP contribution in [0.1, 0.15) is 122 Å². The number of unbranched alkanes of at least 4 members (excludes halogenated alkanes) is 14. The molecule has 0 aromatic rings. The fourth-order valence-corrected chi connectivity index (χ4v) is 3.31. The molecular weight excluding hydrogens is 338 g/mol. The first-order valence-corrected chi connectivity index (χ1v) is 11.5. The van der Waals surface area contributed by atoms with Crippen LogP contribution >= 0.6 is 0 Å². The Morgan fingerprint density at radius 1 is 0.630 bits per heavy atom. The van der Waals surface area contributed by atoms with Crippen LogP contribution < -0.4 is 5.32 Å². The van der Waals surface area contributed by atoms with E-state index >= 15 is 0 Å². The average Bonchev–Trinajstić information content (AvgIpc) is 2.68. The second-order valence-corrected chi connectivity index (χ2v) is 7.73. The first-order valence-electron chi connectivity index (χ1n) is 11.5. The van der Waals surface area contributed by atoms with E-state index in [4.69, 9.17) is 0 Å². The first kappa shape index (κ1) is 25.9. The van der Waals surface area contributed by atoms with Crippen molar-refractivity contribution in [3.05, 3.63) is 0 Å². The van der Waals surface area contributed by atoms with Crippen molar-refractivity contribution in [1.29, 1.82) is 0 Å². The van der Waals surface area contributed by atoms with Crippen LogP contribution in [-0.2, 0) is 14.3 Å². The monoisotopic (exact) mass is 383 g/mol. The summed E-state index contributed by atoms with van der Waals surface area (Å²) in [6.07, 6.45) is 21.7. The molecule has 0 saturated carbocycles. The molecule has 0 spiro atoms. The highest BCUT2D eigenvalue weighted by Crippen LogP contribution is 2.13. The zero-order chi connectivity index (χ0) is 20.0. The molecule has 1 N–H and O–H groups in total. The smallest absolute Gasteiger partial charge is 0.305 e. The van der Waals surface area contributed by atoms with Crippen molar-refractivity contribution in [1.82, 2.24) is 5.32 Å². The van der Waals surface area contributed by atoms with Gasteiger partial charge in [0.25, 0.3) is 0 Å². The van der Waals surface area contributed by atoms with Crippen LogP contribution in [0.4, 0.5) is 0 Å². The summed E-state index contributed by atoms with van der Waals surface area (Å²) < 4.78 is 4.57. The highest BCUT2D eigenvalue weighted by molar-refractivity contribution is 5.75. The van der Waals surface area contributed by atoms with E-state index in [2.05, 4.69) is 17.0 Å². The van der Waals surface area contributed by atoms with Gasteiger partial charge in [-0.05, 0) is 12.8 Å². The van der Waals surface area contributed by atoms with Crippen LogP contribution in [0.15, 0.2) is 0 Å². The van der Waals surface area contributed by atoms with Crippen molar-refractivity contribution in [3.8, 4) is 0 Å². The second kappa shape index (κ2) is 21.2. The van der Waals surface area contributed by atoms with Crippen molar-refractivity contribution in [2.75, 3.05) is 13.7 Å². The summed E-state index contributed by atoms with van der Waals surface area (Å²) in [6.45, 7) is 2.83. The first-order chi connectivity index (χ1) is 13.2. The molecule has 0 aliphatic carbocycles.